The van der Waals surface area contributed by atoms with Crippen LogP contribution in [0.15, 0.2) is 48.9 Å². The molecule has 1 aliphatic heterocycles. The van der Waals surface area contributed by atoms with Gasteiger partial charge < -0.3 is 10.1 Å². The van der Waals surface area contributed by atoms with Crippen LogP contribution >= 0.6 is 11.6 Å². The second-order valence-corrected chi connectivity index (χ2v) is 7.28. The van der Waals surface area contributed by atoms with Crippen LogP contribution in [-0.2, 0) is 11.3 Å². The minimum atomic E-state index is -0.835. The molecule has 0 saturated carbocycles. The number of pyridine rings is 1. The highest BCUT2D eigenvalue weighted by Crippen LogP contribution is 2.31. The summed E-state index contributed by atoms with van der Waals surface area (Å²) in [5.74, 6) is -0.835. The van der Waals surface area contributed by atoms with Crippen molar-refractivity contribution < 1.29 is 9.90 Å². The third kappa shape index (κ3) is 3.83. The highest BCUT2D eigenvalue weighted by atomic mass is 35.5. The van der Waals surface area contributed by atoms with E-state index in [0.717, 1.165) is 36.1 Å². The Kier molecular flexibility index (Phi) is 5.11. The normalized spacial score (nSPS) is 17.2. The molecule has 1 aliphatic rings. The number of carbonyl (C=O) groups is 1. The summed E-state index contributed by atoms with van der Waals surface area (Å²) < 4.78 is 0. The predicted octanol–water partition coefficient (Wildman–Crippen LogP) is 3.16. The molecule has 140 valence electrons. The molecule has 0 spiro atoms. The van der Waals surface area contributed by atoms with E-state index in [2.05, 4.69) is 14.9 Å². The summed E-state index contributed by atoms with van der Waals surface area (Å²) in [6.07, 6.45) is 5.39. The Bertz CT molecular complexity index is 936. The Balaban J connectivity index is 1.50. The standard InChI is InChI=1S/C20H21ClN4O2/c21-15-1-2-18-16(11-15)17(12-23-18)19(20(26)27)25-9-7-24(8-10-25)13-14-3-5-22-6-4-14/h1-6,11-12,19,23H,7-10,13H2,(H,26,27)/t19-/m0/s1. The summed E-state index contributed by atoms with van der Waals surface area (Å²) >= 11 is 6.13. The van der Waals surface area contributed by atoms with E-state index in [0.29, 0.717) is 18.1 Å². The first-order chi connectivity index (χ1) is 13.1. The number of hydrogen-bond acceptors (Lipinski definition) is 4. The number of aliphatic carboxylic acids is 1. The number of nitrogens with one attached hydrogen (secondary N) is 1. The first-order valence-corrected chi connectivity index (χ1v) is 9.34. The van der Waals surface area contributed by atoms with Gasteiger partial charge in [-0.15, -0.1) is 0 Å². The van der Waals surface area contributed by atoms with Crippen molar-refractivity contribution in [2.24, 2.45) is 0 Å². The Morgan fingerprint density at radius 3 is 2.63 bits per heavy atom. The van der Waals surface area contributed by atoms with E-state index in [9.17, 15) is 9.90 Å². The predicted molar refractivity (Wildman–Crippen MR) is 105 cm³/mol. The average molecular weight is 385 g/mol. The van der Waals surface area contributed by atoms with Crippen molar-refractivity contribution in [3.05, 3.63) is 65.1 Å². The molecule has 1 atom stereocenters. The van der Waals surface area contributed by atoms with Crippen molar-refractivity contribution in [3.63, 3.8) is 0 Å². The van der Waals surface area contributed by atoms with Crippen LogP contribution in [0.3, 0.4) is 0 Å². The number of fused-ring (bicyclic) bond motifs is 1. The van der Waals surface area contributed by atoms with Gasteiger partial charge in [0, 0.05) is 72.8 Å². The maximum atomic E-state index is 12.1. The summed E-state index contributed by atoms with van der Waals surface area (Å²) in [6, 6.07) is 8.87. The number of rotatable bonds is 5. The molecule has 1 fully saturated rings. The van der Waals surface area contributed by atoms with Gasteiger partial charge in [-0.3, -0.25) is 19.6 Å². The smallest absolute Gasteiger partial charge is 0.325 e. The molecule has 0 bridgehead atoms. The number of halogens is 1. The SMILES string of the molecule is O=C(O)[C@H](c1c[nH]c2ccc(Cl)cc12)N1CCN(Cc2ccncc2)CC1. The van der Waals surface area contributed by atoms with Crippen LogP contribution < -0.4 is 0 Å². The summed E-state index contributed by atoms with van der Waals surface area (Å²) in [5, 5.41) is 11.4. The monoisotopic (exact) mass is 384 g/mol. The van der Waals surface area contributed by atoms with E-state index < -0.39 is 12.0 Å². The number of aromatic nitrogens is 2. The third-order valence-corrected chi connectivity index (χ3v) is 5.37. The van der Waals surface area contributed by atoms with Crippen LogP contribution in [0.5, 0.6) is 0 Å². The van der Waals surface area contributed by atoms with E-state index in [1.54, 1.807) is 24.7 Å². The number of carboxylic acid groups (broad SMARTS) is 1. The highest BCUT2D eigenvalue weighted by molar-refractivity contribution is 6.31. The lowest BCUT2D eigenvalue weighted by Gasteiger charge is -2.37. The zero-order valence-electron chi connectivity index (χ0n) is 14.8. The molecule has 1 aromatic carbocycles. The highest BCUT2D eigenvalue weighted by Gasteiger charge is 2.32. The number of benzene rings is 1. The fourth-order valence-electron chi connectivity index (χ4n) is 3.75. The molecule has 0 aliphatic carbocycles. The Hall–Kier alpha value is -2.41. The fraction of sp³-hybridized carbons (Fsp3) is 0.300. The van der Waals surface area contributed by atoms with Crippen molar-refractivity contribution >= 4 is 28.5 Å². The van der Waals surface area contributed by atoms with E-state index >= 15 is 0 Å². The van der Waals surface area contributed by atoms with Gasteiger partial charge in [0.1, 0.15) is 6.04 Å². The van der Waals surface area contributed by atoms with E-state index in [1.165, 1.54) is 5.56 Å². The molecule has 1 saturated heterocycles. The average Bonchev–Trinajstić information content (AvgIpc) is 3.07. The molecule has 0 radical (unpaired) electrons. The molecular formula is C20H21ClN4O2. The lowest BCUT2D eigenvalue weighted by atomic mass is 10.0. The molecule has 3 heterocycles. The van der Waals surface area contributed by atoms with Crippen LogP contribution in [0.1, 0.15) is 17.2 Å². The van der Waals surface area contributed by atoms with Gasteiger partial charge in [0.15, 0.2) is 0 Å². The molecule has 6 nitrogen and oxygen atoms in total. The van der Waals surface area contributed by atoms with Gasteiger partial charge in [-0.2, -0.15) is 0 Å². The largest absolute Gasteiger partial charge is 0.480 e. The number of aromatic amines is 1. The van der Waals surface area contributed by atoms with Crippen LogP contribution in [0.25, 0.3) is 10.9 Å². The van der Waals surface area contributed by atoms with Crippen molar-refractivity contribution in [3.8, 4) is 0 Å². The van der Waals surface area contributed by atoms with Crippen molar-refractivity contribution in [2.75, 3.05) is 26.2 Å². The van der Waals surface area contributed by atoms with Crippen molar-refractivity contribution in [1.82, 2.24) is 19.8 Å². The molecule has 0 amide bonds. The summed E-state index contributed by atoms with van der Waals surface area (Å²) in [6.45, 7) is 3.92. The quantitative estimate of drug-likeness (QED) is 0.707. The van der Waals surface area contributed by atoms with E-state index in [1.807, 2.05) is 29.2 Å². The zero-order valence-corrected chi connectivity index (χ0v) is 15.6. The van der Waals surface area contributed by atoms with Crippen molar-refractivity contribution in [1.29, 1.82) is 0 Å². The molecule has 27 heavy (non-hydrogen) atoms. The van der Waals surface area contributed by atoms with E-state index in [4.69, 9.17) is 11.6 Å². The molecule has 7 heteroatoms. The topological polar surface area (TPSA) is 72.5 Å². The minimum absolute atomic E-state index is 0.606. The third-order valence-electron chi connectivity index (χ3n) is 5.13. The van der Waals surface area contributed by atoms with Gasteiger partial charge >= 0.3 is 5.97 Å². The number of H-pyrrole nitrogens is 1. The van der Waals surface area contributed by atoms with Crippen LogP contribution in [0.4, 0.5) is 0 Å². The maximum Gasteiger partial charge on any atom is 0.325 e. The fourth-order valence-corrected chi connectivity index (χ4v) is 3.92. The summed E-state index contributed by atoms with van der Waals surface area (Å²) in [7, 11) is 0. The Labute approximate surface area is 162 Å². The zero-order chi connectivity index (χ0) is 18.8. The van der Waals surface area contributed by atoms with Gasteiger partial charge in [0.05, 0.1) is 0 Å². The maximum absolute atomic E-state index is 12.1. The van der Waals surface area contributed by atoms with Gasteiger partial charge in [-0.25, -0.2) is 0 Å². The first-order valence-electron chi connectivity index (χ1n) is 8.96. The summed E-state index contributed by atoms with van der Waals surface area (Å²) in [4.78, 5) is 23.7. The van der Waals surface area contributed by atoms with Gasteiger partial charge in [-0.1, -0.05) is 11.6 Å². The van der Waals surface area contributed by atoms with Crippen LogP contribution in [0, 0.1) is 0 Å². The van der Waals surface area contributed by atoms with Gasteiger partial charge in [-0.05, 0) is 35.9 Å². The lowest BCUT2D eigenvalue weighted by Crippen LogP contribution is -2.48. The van der Waals surface area contributed by atoms with Gasteiger partial charge in [0.2, 0.25) is 0 Å². The molecule has 3 aromatic rings. The Morgan fingerprint density at radius 2 is 1.93 bits per heavy atom. The second kappa shape index (κ2) is 7.68. The van der Waals surface area contributed by atoms with Gasteiger partial charge in [0.25, 0.3) is 0 Å². The molecule has 2 aromatic heterocycles. The number of nitrogens with zero attached hydrogens (tertiary/aromatic N) is 3. The number of piperazine rings is 1. The molecule has 0 unspecified atom stereocenters. The summed E-state index contributed by atoms with van der Waals surface area (Å²) in [5.41, 5.74) is 2.89. The number of carboxylic acids is 1. The molecule has 2 N–H and O–H groups in total. The molecular weight excluding hydrogens is 364 g/mol. The lowest BCUT2D eigenvalue weighted by molar-refractivity contribution is -0.144. The first kappa shape index (κ1) is 18.0. The van der Waals surface area contributed by atoms with E-state index in [-0.39, 0.29) is 0 Å². The molecule has 4 rings (SSSR count). The van der Waals surface area contributed by atoms with Crippen LogP contribution in [0.2, 0.25) is 5.02 Å². The Morgan fingerprint density at radius 1 is 1.19 bits per heavy atom. The second-order valence-electron chi connectivity index (χ2n) is 6.84. The van der Waals surface area contributed by atoms with Crippen LogP contribution in [-0.4, -0.2) is 57.0 Å². The minimum Gasteiger partial charge on any atom is -0.480 e. The van der Waals surface area contributed by atoms with Crippen molar-refractivity contribution in [2.45, 2.75) is 12.6 Å². The number of hydrogen-bond donors (Lipinski definition) is 2.